The van der Waals surface area contributed by atoms with Crippen LogP contribution in [0.15, 0.2) is 24.3 Å². The minimum Gasteiger partial charge on any atom is -0.493 e. The van der Waals surface area contributed by atoms with Crippen LogP contribution in [0.5, 0.6) is 11.5 Å². The largest absolute Gasteiger partial charge is 0.493 e. The van der Waals surface area contributed by atoms with Crippen LogP contribution >= 0.6 is 0 Å². The summed E-state index contributed by atoms with van der Waals surface area (Å²) in [7, 11) is 3.26. The molecule has 1 aliphatic heterocycles. The number of alkyl halides is 3. The van der Waals surface area contributed by atoms with Crippen molar-refractivity contribution in [2.45, 2.75) is 39.5 Å². The fraction of sp³-hybridized carbons (Fsp3) is 0.455. The van der Waals surface area contributed by atoms with Gasteiger partial charge in [0, 0.05) is 19.7 Å². The van der Waals surface area contributed by atoms with E-state index in [1.165, 1.54) is 13.2 Å². The minimum absolute atomic E-state index is 0.0217. The quantitative estimate of drug-likeness (QED) is 0.650. The number of benzene rings is 1. The zero-order valence-electron chi connectivity index (χ0n) is 18.6. The molecule has 7 nitrogen and oxygen atoms in total. The molecule has 0 spiro atoms. The van der Waals surface area contributed by atoms with E-state index in [1.54, 1.807) is 12.1 Å². The van der Waals surface area contributed by atoms with Gasteiger partial charge in [0.1, 0.15) is 11.9 Å². The molecule has 1 amide bonds. The van der Waals surface area contributed by atoms with Crippen LogP contribution in [0, 0.1) is 12.8 Å². The monoisotopic (exact) mass is 452 g/mol. The summed E-state index contributed by atoms with van der Waals surface area (Å²) < 4.78 is 47.3. The molecule has 1 atom stereocenters. The van der Waals surface area contributed by atoms with Gasteiger partial charge in [-0.15, -0.1) is 0 Å². The van der Waals surface area contributed by atoms with Crippen LogP contribution in [-0.2, 0) is 11.3 Å². The standard InChI is InChI=1S/C22H27F3N4O3/c1-12(2)20-21(30)28-19-13(3)27-18(9-15(19)29(20)4)26-10-14-6-7-16(17(8-14)31-5)32-11-22(23,24)25/h6-9,12,20H,10-11H2,1-5H3,(H,26,27)(H,28,30). The number of likely N-dealkylation sites (N-methyl/N-ethyl adjacent to an activating group) is 1. The third-order valence-electron chi connectivity index (χ3n) is 5.22. The van der Waals surface area contributed by atoms with Crippen molar-refractivity contribution in [3.8, 4) is 11.5 Å². The molecule has 1 unspecified atom stereocenters. The third-order valence-corrected chi connectivity index (χ3v) is 5.22. The molecule has 174 valence electrons. The number of aromatic nitrogens is 1. The van der Waals surface area contributed by atoms with Crippen molar-refractivity contribution < 1.29 is 27.4 Å². The third kappa shape index (κ3) is 5.17. The van der Waals surface area contributed by atoms with E-state index >= 15 is 0 Å². The lowest BCUT2D eigenvalue weighted by Gasteiger charge is -2.38. The molecule has 0 aliphatic carbocycles. The smallest absolute Gasteiger partial charge is 0.422 e. The summed E-state index contributed by atoms with van der Waals surface area (Å²) in [6.07, 6.45) is -4.43. The highest BCUT2D eigenvalue weighted by Gasteiger charge is 2.34. The maximum atomic E-state index is 12.5. The zero-order chi connectivity index (χ0) is 23.6. The Morgan fingerprint density at radius 3 is 2.59 bits per heavy atom. The van der Waals surface area contributed by atoms with Gasteiger partial charge in [0.2, 0.25) is 5.91 Å². The lowest BCUT2D eigenvalue weighted by molar-refractivity contribution is -0.153. The second-order valence-corrected chi connectivity index (χ2v) is 8.02. The van der Waals surface area contributed by atoms with E-state index in [9.17, 15) is 18.0 Å². The maximum Gasteiger partial charge on any atom is 0.422 e. The number of fused-ring (bicyclic) bond motifs is 1. The predicted octanol–water partition coefficient (Wildman–Crippen LogP) is 4.36. The molecule has 1 aromatic heterocycles. The van der Waals surface area contributed by atoms with E-state index in [-0.39, 0.29) is 29.4 Å². The number of amides is 1. The molecule has 1 aromatic carbocycles. The van der Waals surface area contributed by atoms with Gasteiger partial charge in [-0.2, -0.15) is 13.2 Å². The number of carbonyl (C=O) groups excluding carboxylic acids is 1. The normalized spacial score (nSPS) is 16.0. The van der Waals surface area contributed by atoms with Crippen LogP contribution in [0.2, 0.25) is 0 Å². The van der Waals surface area contributed by atoms with Gasteiger partial charge in [0.25, 0.3) is 0 Å². The highest BCUT2D eigenvalue weighted by atomic mass is 19.4. The SMILES string of the molecule is COc1cc(CNc2cc3c(c(C)n2)NC(=O)C(C(C)C)N3C)ccc1OCC(F)(F)F. The molecular formula is C22H27F3N4O3. The fourth-order valence-corrected chi connectivity index (χ4v) is 3.75. The van der Waals surface area contributed by atoms with Gasteiger partial charge in [-0.1, -0.05) is 19.9 Å². The van der Waals surface area contributed by atoms with E-state index < -0.39 is 12.8 Å². The molecule has 0 saturated carbocycles. The number of nitrogens with zero attached hydrogens (tertiary/aromatic N) is 2. The molecule has 32 heavy (non-hydrogen) atoms. The molecule has 0 fully saturated rings. The van der Waals surface area contributed by atoms with Crippen molar-refractivity contribution in [2.24, 2.45) is 5.92 Å². The second-order valence-electron chi connectivity index (χ2n) is 8.02. The van der Waals surface area contributed by atoms with Crippen molar-refractivity contribution in [3.05, 3.63) is 35.5 Å². The van der Waals surface area contributed by atoms with Gasteiger partial charge in [-0.05, 0) is 30.5 Å². The molecule has 0 bridgehead atoms. The van der Waals surface area contributed by atoms with Crippen LogP contribution < -0.4 is 25.0 Å². The zero-order valence-corrected chi connectivity index (χ0v) is 18.6. The Bertz CT molecular complexity index is 995. The van der Waals surface area contributed by atoms with E-state index in [1.807, 2.05) is 38.8 Å². The molecule has 0 radical (unpaired) electrons. The summed E-state index contributed by atoms with van der Waals surface area (Å²) in [6.45, 7) is 4.79. The number of halogens is 3. The van der Waals surface area contributed by atoms with Gasteiger partial charge < -0.3 is 25.0 Å². The molecular weight excluding hydrogens is 425 g/mol. The Morgan fingerprint density at radius 2 is 1.97 bits per heavy atom. The average molecular weight is 452 g/mol. The topological polar surface area (TPSA) is 75.7 Å². The minimum atomic E-state index is -4.43. The van der Waals surface area contributed by atoms with E-state index in [0.717, 1.165) is 11.3 Å². The summed E-state index contributed by atoms with van der Waals surface area (Å²) >= 11 is 0. The van der Waals surface area contributed by atoms with Crippen molar-refractivity contribution in [3.63, 3.8) is 0 Å². The van der Waals surface area contributed by atoms with Crippen LogP contribution in [0.4, 0.5) is 30.4 Å². The Hall–Kier alpha value is -3.17. The number of aryl methyl sites for hydroxylation is 1. The average Bonchev–Trinajstić information content (AvgIpc) is 2.71. The highest BCUT2D eigenvalue weighted by Crippen LogP contribution is 2.37. The van der Waals surface area contributed by atoms with Crippen LogP contribution in [0.25, 0.3) is 0 Å². The lowest BCUT2D eigenvalue weighted by atomic mass is 9.98. The van der Waals surface area contributed by atoms with Gasteiger partial charge >= 0.3 is 6.18 Å². The van der Waals surface area contributed by atoms with Crippen molar-refractivity contribution in [1.82, 2.24) is 4.98 Å². The van der Waals surface area contributed by atoms with E-state index in [4.69, 9.17) is 9.47 Å². The van der Waals surface area contributed by atoms with Crippen molar-refractivity contribution >= 4 is 23.1 Å². The van der Waals surface area contributed by atoms with Gasteiger partial charge in [-0.3, -0.25) is 4.79 Å². The number of ether oxygens (including phenoxy) is 2. The van der Waals surface area contributed by atoms with Gasteiger partial charge in [-0.25, -0.2) is 4.98 Å². The number of hydrogen-bond donors (Lipinski definition) is 2. The molecule has 3 rings (SSSR count). The second kappa shape index (κ2) is 9.13. The van der Waals surface area contributed by atoms with Gasteiger partial charge in [0.15, 0.2) is 18.1 Å². The number of carbonyl (C=O) groups is 1. The van der Waals surface area contributed by atoms with Crippen molar-refractivity contribution in [1.29, 1.82) is 0 Å². The van der Waals surface area contributed by atoms with Crippen LogP contribution in [-0.4, -0.2) is 43.9 Å². The Morgan fingerprint density at radius 1 is 1.25 bits per heavy atom. The summed E-state index contributed by atoms with van der Waals surface area (Å²) in [6, 6.07) is 6.31. The number of nitrogens with one attached hydrogen (secondary N) is 2. The van der Waals surface area contributed by atoms with Crippen LogP contribution in [0.1, 0.15) is 25.1 Å². The highest BCUT2D eigenvalue weighted by molar-refractivity contribution is 6.04. The van der Waals surface area contributed by atoms with Gasteiger partial charge in [0.05, 0.1) is 24.2 Å². The number of rotatable bonds is 7. The Labute approximate surface area is 184 Å². The summed E-state index contributed by atoms with van der Waals surface area (Å²) in [4.78, 5) is 18.9. The molecule has 1 aliphatic rings. The number of hydrogen-bond acceptors (Lipinski definition) is 6. The summed E-state index contributed by atoms with van der Waals surface area (Å²) in [5, 5.41) is 6.18. The van der Waals surface area contributed by atoms with Crippen LogP contribution in [0.3, 0.4) is 0 Å². The lowest BCUT2D eigenvalue weighted by Crippen LogP contribution is -2.49. The molecule has 2 N–H and O–H groups in total. The molecule has 2 aromatic rings. The summed E-state index contributed by atoms with van der Waals surface area (Å²) in [5.41, 5.74) is 3.01. The first-order chi connectivity index (χ1) is 15.0. The van der Waals surface area contributed by atoms with E-state index in [0.29, 0.717) is 23.7 Å². The predicted molar refractivity (Wildman–Crippen MR) is 117 cm³/mol. The maximum absolute atomic E-state index is 12.5. The number of pyridine rings is 1. The van der Waals surface area contributed by atoms with Crippen molar-refractivity contribution in [2.75, 3.05) is 36.3 Å². The molecule has 2 heterocycles. The molecule has 10 heteroatoms. The Kier molecular flexibility index (Phi) is 6.71. The first-order valence-corrected chi connectivity index (χ1v) is 10.2. The molecule has 0 saturated heterocycles. The summed E-state index contributed by atoms with van der Waals surface area (Å²) in [5.74, 6) is 0.922. The number of anilines is 3. The van der Waals surface area contributed by atoms with E-state index in [2.05, 4.69) is 15.6 Å². The fourth-order valence-electron chi connectivity index (χ4n) is 3.75. The number of methoxy groups -OCH3 is 1. The Balaban J connectivity index is 1.76. The first-order valence-electron chi connectivity index (χ1n) is 10.2. The first kappa shape index (κ1) is 23.5.